The summed E-state index contributed by atoms with van der Waals surface area (Å²) in [6.45, 7) is 2.13. The predicted molar refractivity (Wildman–Crippen MR) is 64.3 cm³/mol. The van der Waals surface area contributed by atoms with Gasteiger partial charge >= 0.3 is 0 Å². The van der Waals surface area contributed by atoms with E-state index in [0.29, 0.717) is 6.04 Å². The number of aromatic nitrogens is 2. The van der Waals surface area contributed by atoms with Gasteiger partial charge in [0.2, 0.25) is 0 Å². The summed E-state index contributed by atoms with van der Waals surface area (Å²) < 4.78 is 0. The second-order valence-electron chi connectivity index (χ2n) is 3.80. The van der Waals surface area contributed by atoms with Crippen LogP contribution < -0.4 is 5.32 Å². The third kappa shape index (κ3) is 3.09. The van der Waals surface area contributed by atoms with Gasteiger partial charge in [0.15, 0.2) is 0 Å². The number of anilines is 1. The summed E-state index contributed by atoms with van der Waals surface area (Å²) >= 11 is 1.73. The molecule has 0 atom stereocenters. The molecule has 2 rings (SSSR count). The smallest absolute Gasteiger partial charge is 0.146 e. The van der Waals surface area contributed by atoms with Crippen LogP contribution in [0.4, 0.5) is 5.82 Å². The third-order valence-corrected chi connectivity index (χ3v) is 3.39. The van der Waals surface area contributed by atoms with Gasteiger partial charge in [0.05, 0.1) is 12.4 Å². The number of hydrogen-bond acceptors (Lipinski definition) is 4. The Labute approximate surface area is 95.1 Å². The van der Waals surface area contributed by atoms with E-state index in [1.807, 2.05) is 12.4 Å². The van der Waals surface area contributed by atoms with Crippen molar-refractivity contribution in [1.82, 2.24) is 9.97 Å². The average Bonchev–Trinajstić information content (AvgIpc) is 2.71. The Kier molecular flexibility index (Phi) is 3.83. The molecule has 0 amide bonds. The first-order valence-corrected chi connectivity index (χ1v) is 6.58. The van der Waals surface area contributed by atoms with Gasteiger partial charge in [-0.05, 0) is 18.6 Å². The summed E-state index contributed by atoms with van der Waals surface area (Å²) in [7, 11) is 0. The first-order chi connectivity index (χ1) is 7.38. The van der Waals surface area contributed by atoms with Gasteiger partial charge in [-0.25, -0.2) is 4.98 Å². The Hall–Kier alpha value is -0.770. The summed E-state index contributed by atoms with van der Waals surface area (Å²) in [6.07, 6.45) is 8.87. The van der Waals surface area contributed by atoms with Crippen molar-refractivity contribution in [3.8, 4) is 0 Å². The van der Waals surface area contributed by atoms with Crippen LogP contribution in [0.1, 0.15) is 32.6 Å². The molecule has 0 saturated heterocycles. The molecule has 15 heavy (non-hydrogen) atoms. The summed E-state index contributed by atoms with van der Waals surface area (Å²) in [5.41, 5.74) is 0. The lowest BCUT2D eigenvalue weighted by atomic mass is 10.2. The van der Waals surface area contributed by atoms with Crippen molar-refractivity contribution in [1.29, 1.82) is 0 Å². The van der Waals surface area contributed by atoms with Crippen LogP contribution >= 0.6 is 11.8 Å². The van der Waals surface area contributed by atoms with E-state index in [9.17, 15) is 0 Å². The molecular weight excluding hydrogens is 206 g/mol. The maximum absolute atomic E-state index is 4.52. The van der Waals surface area contributed by atoms with Gasteiger partial charge in [0, 0.05) is 6.04 Å². The normalized spacial score (nSPS) is 16.9. The van der Waals surface area contributed by atoms with Crippen molar-refractivity contribution in [3.63, 3.8) is 0 Å². The van der Waals surface area contributed by atoms with Crippen LogP contribution in [0.2, 0.25) is 0 Å². The van der Waals surface area contributed by atoms with E-state index in [4.69, 9.17) is 0 Å². The molecule has 0 aliphatic heterocycles. The molecule has 1 aliphatic carbocycles. The molecule has 82 valence electrons. The molecule has 1 aromatic heterocycles. The Morgan fingerprint density at radius 2 is 2.20 bits per heavy atom. The average molecular weight is 223 g/mol. The van der Waals surface area contributed by atoms with Crippen molar-refractivity contribution in [2.24, 2.45) is 0 Å². The highest BCUT2D eigenvalue weighted by molar-refractivity contribution is 7.99. The highest BCUT2D eigenvalue weighted by atomic mass is 32.2. The van der Waals surface area contributed by atoms with Crippen molar-refractivity contribution in [2.45, 2.75) is 43.7 Å². The van der Waals surface area contributed by atoms with E-state index in [1.165, 1.54) is 25.7 Å². The Bertz CT molecular complexity index is 310. The van der Waals surface area contributed by atoms with Gasteiger partial charge < -0.3 is 5.32 Å². The van der Waals surface area contributed by atoms with Crippen LogP contribution in [-0.4, -0.2) is 21.8 Å². The number of hydrogen-bond donors (Lipinski definition) is 1. The number of thioether (sulfide) groups is 1. The standard InChI is InChI=1S/C11H17N3S/c1-2-15-11-8-12-7-10(14-11)13-9-5-3-4-6-9/h7-9H,2-6H2,1H3,(H,13,14). The van der Waals surface area contributed by atoms with Crippen LogP contribution in [0.3, 0.4) is 0 Å². The van der Waals surface area contributed by atoms with Gasteiger partial charge in [0.25, 0.3) is 0 Å². The fourth-order valence-electron chi connectivity index (χ4n) is 1.91. The SMILES string of the molecule is CCSc1cncc(NC2CCCC2)n1. The zero-order chi connectivity index (χ0) is 10.5. The lowest BCUT2D eigenvalue weighted by Crippen LogP contribution is -2.15. The Balaban J connectivity index is 1.97. The maximum atomic E-state index is 4.52. The van der Waals surface area contributed by atoms with Crippen LogP contribution in [0.15, 0.2) is 17.4 Å². The summed E-state index contributed by atoms with van der Waals surface area (Å²) in [5, 5.41) is 4.47. The summed E-state index contributed by atoms with van der Waals surface area (Å²) in [6, 6.07) is 0.612. The second-order valence-corrected chi connectivity index (χ2v) is 5.09. The van der Waals surface area contributed by atoms with Crippen molar-refractivity contribution >= 4 is 17.6 Å². The molecule has 0 unspecified atom stereocenters. The summed E-state index contributed by atoms with van der Waals surface area (Å²) in [5.74, 6) is 1.97. The molecule has 1 heterocycles. The molecule has 1 aromatic rings. The zero-order valence-corrected chi connectivity index (χ0v) is 9.89. The first-order valence-electron chi connectivity index (χ1n) is 5.60. The fourth-order valence-corrected chi connectivity index (χ4v) is 2.51. The maximum Gasteiger partial charge on any atom is 0.146 e. The topological polar surface area (TPSA) is 37.8 Å². The van der Waals surface area contributed by atoms with E-state index < -0.39 is 0 Å². The van der Waals surface area contributed by atoms with E-state index in [1.54, 1.807) is 11.8 Å². The van der Waals surface area contributed by atoms with Crippen LogP contribution in [-0.2, 0) is 0 Å². The minimum absolute atomic E-state index is 0.612. The number of nitrogens with zero attached hydrogens (tertiary/aromatic N) is 2. The minimum Gasteiger partial charge on any atom is -0.366 e. The van der Waals surface area contributed by atoms with E-state index in [-0.39, 0.29) is 0 Å². The Morgan fingerprint density at radius 1 is 1.40 bits per heavy atom. The quantitative estimate of drug-likeness (QED) is 0.796. The van der Waals surface area contributed by atoms with E-state index >= 15 is 0 Å². The molecule has 0 spiro atoms. The van der Waals surface area contributed by atoms with E-state index in [2.05, 4.69) is 22.2 Å². The monoisotopic (exact) mass is 223 g/mol. The second kappa shape index (κ2) is 5.35. The predicted octanol–water partition coefficient (Wildman–Crippen LogP) is 2.94. The van der Waals surface area contributed by atoms with Gasteiger partial charge in [-0.3, -0.25) is 4.98 Å². The Morgan fingerprint density at radius 3 is 2.93 bits per heavy atom. The first kappa shape index (κ1) is 10.7. The number of rotatable bonds is 4. The minimum atomic E-state index is 0.612. The molecule has 0 aromatic carbocycles. The van der Waals surface area contributed by atoms with Gasteiger partial charge in [-0.2, -0.15) is 0 Å². The van der Waals surface area contributed by atoms with Crippen LogP contribution in [0.25, 0.3) is 0 Å². The molecule has 3 nitrogen and oxygen atoms in total. The van der Waals surface area contributed by atoms with Gasteiger partial charge in [-0.15, -0.1) is 11.8 Å². The molecule has 1 aliphatic rings. The van der Waals surface area contributed by atoms with Gasteiger partial charge in [0.1, 0.15) is 10.8 Å². The molecular formula is C11H17N3S. The van der Waals surface area contributed by atoms with Crippen molar-refractivity contribution in [2.75, 3.05) is 11.1 Å². The van der Waals surface area contributed by atoms with Crippen LogP contribution in [0.5, 0.6) is 0 Å². The lowest BCUT2D eigenvalue weighted by molar-refractivity contribution is 0.746. The van der Waals surface area contributed by atoms with Crippen molar-refractivity contribution in [3.05, 3.63) is 12.4 Å². The molecule has 1 N–H and O–H groups in total. The summed E-state index contributed by atoms with van der Waals surface area (Å²) in [4.78, 5) is 8.71. The zero-order valence-electron chi connectivity index (χ0n) is 9.07. The largest absolute Gasteiger partial charge is 0.366 e. The molecule has 1 saturated carbocycles. The molecule has 0 radical (unpaired) electrons. The van der Waals surface area contributed by atoms with E-state index in [0.717, 1.165) is 16.6 Å². The van der Waals surface area contributed by atoms with Gasteiger partial charge in [-0.1, -0.05) is 19.8 Å². The third-order valence-electron chi connectivity index (χ3n) is 2.61. The molecule has 0 bridgehead atoms. The fraction of sp³-hybridized carbons (Fsp3) is 0.636. The highest BCUT2D eigenvalue weighted by Gasteiger charge is 2.14. The number of nitrogens with one attached hydrogen (secondary N) is 1. The molecule has 1 fully saturated rings. The van der Waals surface area contributed by atoms with Crippen LogP contribution in [0, 0.1) is 0 Å². The highest BCUT2D eigenvalue weighted by Crippen LogP contribution is 2.22. The van der Waals surface area contributed by atoms with Crippen molar-refractivity contribution < 1.29 is 0 Å². The lowest BCUT2D eigenvalue weighted by Gasteiger charge is -2.12. The molecule has 4 heteroatoms.